The van der Waals surface area contributed by atoms with E-state index in [9.17, 15) is 0 Å². The second-order valence-electron chi connectivity index (χ2n) is 7.84. The van der Waals surface area contributed by atoms with Crippen LogP contribution in [-0.2, 0) is 6.54 Å². The lowest BCUT2D eigenvalue weighted by Gasteiger charge is -2.43. The highest BCUT2D eigenvalue weighted by atomic mass is 35.5. The van der Waals surface area contributed by atoms with Gasteiger partial charge in [0.1, 0.15) is 0 Å². The predicted octanol–water partition coefficient (Wildman–Crippen LogP) is 5.31. The van der Waals surface area contributed by atoms with Crippen LogP contribution in [0.5, 0.6) is 0 Å². The maximum Gasteiger partial charge on any atom is 0.0562 e. The molecule has 2 fully saturated rings. The highest BCUT2D eigenvalue weighted by Crippen LogP contribution is 2.37. The normalized spacial score (nSPS) is 24.4. The van der Waals surface area contributed by atoms with Crippen molar-refractivity contribution in [2.24, 2.45) is 0 Å². The first-order valence-electron chi connectivity index (χ1n) is 9.80. The topological polar surface area (TPSA) is 6.48 Å². The van der Waals surface area contributed by atoms with Crippen molar-refractivity contribution in [3.05, 3.63) is 59.1 Å². The summed E-state index contributed by atoms with van der Waals surface area (Å²) in [7, 11) is 0. The van der Waals surface area contributed by atoms with E-state index in [1.54, 1.807) is 0 Å². The monoisotopic (exact) mass is 364 g/mol. The maximum absolute atomic E-state index is 6.77. The van der Waals surface area contributed by atoms with Crippen molar-refractivity contribution in [3.8, 4) is 0 Å². The summed E-state index contributed by atoms with van der Waals surface area (Å²) < 4.78 is 0. The third-order valence-corrected chi connectivity index (χ3v) is 6.97. The minimum absolute atomic E-state index is 0.611. The lowest BCUT2D eigenvalue weighted by molar-refractivity contribution is 0.0476. The molecule has 0 radical (unpaired) electrons. The van der Waals surface area contributed by atoms with E-state index in [2.05, 4.69) is 65.3 Å². The van der Waals surface area contributed by atoms with E-state index in [0.29, 0.717) is 6.04 Å². The molecule has 3 aromatic carbocycles. The van der Waals surface area contributed by atoms with Crippen LogP contribution in [0.3, 0.4) is 0 Å². The van der Waals surface area contributed by atoms with Gasteiger partial charge in [-0.2, -0.15) is 0 Å². The molecule has 0 saturated carbocycles. The minimum atomic E-state index is 0.611. The van der Waals surface area contributed by atoms with Gasteiger partial charge in [0.05, 0.1) is 5.02 Å². The van der Waals surface area contributed by atoms with E-state index < -0.39 is 0 Å². The van der Waals surface area contributed by atoms with Crippen molar-refractivity contribution in [2.45, 2.75) is 38.4 Å². The Hall–Kier alpha value is -1.61. The maximum atomic E-state index is 6.77. The molecule has 5 rings (SSSR count). The molecule has 0 unspecified atom stereocenters. The summed E-state index contributed by atoms with van der Waals surface area (Å²) in [4.78, 5) is 5.38. The zero-order valence-corrected chi connectivity index (χ0v) is 16.0. The Morgan fingerprint density at radius 1 is 0.885 bits per heavy atom. The Morgan fingerprint density at radius 2 is 1.50 bits per heavy atom. The zero-order valence-electron chi connectivity index (χ0n) is 15.3. The smallest absolute Gasteiger partial charge is 0.0562 e. The quantitative estimate of drug-likeness (QED) is 0.568. The fourth-order valence-electron chi connectivity index (χ4n) is 5.14. The summed E-state index contributed by atoms with van der Waals surface area (Å²) >= 11 is 6.77. The lowest BCUT2D eigenvalue weighted by atomic mass is 9.94. The second-order valence-corrected chi connectivity index (χ2v) is 8.22. The molecule has 0 aliphatic carbocycles. The molecule has 2 aliphatic rings. The van der Waals surface area contributed by atoms with Crippen molar-refractivity contribution in [2.75, 3.05) is 19.6 Å². The highest BCUT2D eigenvalue weighted by Gasteiger charge is 2.36. The summed E-state index contributed by atoms with van der Waals surface area (Å²) in [6.45, 7) is 7.07. The summed E-state index contributed by atoms with van der Waals surface area (Å²) in [5, 5.41) is 5.84. The fraction of sp³-hybridized carbons (Fsp3) is 0.391. The first-order chi connectivity index (χ1) is 12.7. The van der Waals surface area contributed by atoms with E-state index in [1.165, 1.54) is 53.0 Å². The van der Waals surface area contributed by atoms with Crippen LogP contribution in [0.4, 0.5) is 0 Å². The summed E-state index contributed by atoms with van der Waals surface area (Å²) in [6.07, 6.45) is 2.70. The van der Waals surface area contributed by atoms with Crippen molar-refractivity contribution >= 4 is 33.1 Å². The van der Waals surface area contributed by atoms with E-state index in [4.69, 9.17) is 11.6 Å². The second kappa shape index (κ2) is 6.53. The molecule has 3 aromatic rings. The van der Waals surface area contributed by atoms with E-state index >= 15 is 0 Å². The van der Waals surface area contributed by atoms with Crippen LogP contribution in [0.15, 0.2) is 48.5 Å². The molecule has 0 amide bonds. The Morgan fingerprint density at radius 3 is 2.15 bits per heavy atom. The van der Waals surface area contributed by atoms with Crippen molar-refractivity contribution < 1.29 is 0 Å². The molecular weight excluding hydrogens is 340 g/mol. The predicted molar refractivity (Wildman–Crippen MR) is 111 cm³/mol. The number of hydrogen-bond donors (Lipinski definition) is 0. The van der Waals surface area contributed by atoms with Gasteiger partial charge in [-0.05, 0) is 42.6 Å². The van der Waals surface area contributed by atoms with Gasteiger partial charge in [0.25, 0.3) is 0 Å². The number of hydrogen-bond acceptors (Lipinski definition) is 2. The van der Waals surface area contributed by atoms with Crippen LogP contribution in [0.25, 0.3) is 21.5 Å². The molecule has 0 aromatic heterocycles. The van der Waals surface area contributed by atoms with Crippen molar-refractivity contribution in [1.82, 2.24) is 9.80 Å². The zero-order chi connectivity index (χ0) is 17.7. The number of benzene rings is 3. The number of nitrogens with zero attached hydrogens (tertiary/aromatic N) is 2. The molecule has 2 heterocycles. The van der Waals surface area contributed by atoms with Gasteiger partial charge < -0.3 is 0 Å². The van der Waals surface area contributed by atoms with Crippen LogP contribution < -0.4 is 0 Å². The molecule has 2 saturated heterocycles. The Balaban J connectivity index is 1.62. The molecule has 2 aliphatic heterocycles. The third-order valence-electron chi connectivity index (χ3n) is 6.56. The van der Waals surface area contributed by atoms with Gasteiger partial charge in [-0.25, -0.2) is 0 Å². The number of halogens is 1. The molecule has 134 valence electrons. The standard InChI is InChI=1S/C23H25ClN2/c1-16-22-11-6-12-25(22)13-14-26(16)15-21-17-7-2-4-9-19(17)23(24)20-10-5-3-8-18(20)21/h2-5,7-10,16,22H,6,11-15H2,1H3/t16-,22-/m0/s1. The first kappa shape index (κ1) is 16.6. The van der Waals surface area contributed by atoms with Gasteiger partial charge >= 0.3 is 0 Å². The minimum Gasteiger partial charge on any atom is -0.298 e. The van der Waals surface area contributed by atoms with Crippen LogP contribution in [0.2, 0.25) is 5.02 Å². The average molecular weight is 365 g/mol. The first-order valence-corrected chi connectivity index (χ1v) is 10.2. The summed E-state index contributed by atoms with van der Waals surface area (Å²) in [6, 6.07) is 18.6. The highest BCUT2D eigenvalue weighted by molar-refractivity contribution is 6.41. The lowest BCUT2D eigenvalue weighted by Crippen LogP contribution is -2.55. The molecule has 0 spiro atoms. The Kier molecular flexibility index (Phi) is 4.16. The molecule has 26 heavy (non-hydrogen) atoms. The van der Waals surface area contributed by atoms with Crippen molar-refractivity contribution in [3.63, 3.8) is 0 Å². The van der Waals surface area contributed by atoms with Crippen LogP contribution >= 0.6 is 11.6 Å². The molecule has 3 heteroatoms. The largest absolute Gasteiger partial charge is 0.298 e. The molecule has 2 atom stereocenters. The van der Waals surface area contributed by atoms with Gasteiger partial charge in [0.2, 0.25) is 0 Å². The van der Waals surface area contributed by atoms with E-state index in [0.717, 1.165) is 24.2 Å². The van der Waals surface area contributed by atoms with Gasteiger partial charge in [-0.1, -0.05) is 60.1 Å². The average Bonchev–Trinajstić information content (AvgIpc) is 3.16. The summed E-state index contributed by atoms with van der Waals surface area (Å²) in [5.41, 5.74) is 1.43. The fourth-order valence-corrected chi connectivity index (χ4v) is 5.47. The van der Waals surface area contributed by atoms with Gasteiger partial charge in [-0.3, -0.25) is 9.80 Å². The summed E-state index contributed by atoms with van der Waals surface area (Å²) in [5.74, 6) is 0. The molecular formula is C23H25ClN2. The van der Waals surface area contributed by atoms with E-state index in [-0.39, 0.29) is 0 Å². The van der Waals surface area contributed by atoms with Crippen LogP contribution in [0, 0.1) is 0 Å². The van der Waals surface area contributed by atoms with Crippen LogP contribution in [0.1, 0.15) is 25.3 Å². The van der Waals surface area contributed by atoms with Gasteiger partial charge in [-0.15, -0.1) is 0 Å². The molecule has 2 nitrogen and oxygen atoms in total. The molecule has 0 bridgehead atoms. The molecule has 0 N–H and O–H groups in total. The number of piperazine rings is 1. The van der Waals surface area contributed by atoms with E-state index in [1.807, 2.05) is 0 Å². The Labute approximate surface area is 160 Å². The number of fused-ring (bicyclic) bond motifs is 3. The number of rotatable bonds is 2. The third kappa shape index (κ3) is 2.55. The van der Waals surface area contributed by atoms with Crippen molar-refractivity contribution in [1.29, 1.82) is 0 Å². The van der Waals surface area contributed by atoms with Gasteiger partial charge in [0.15, 0.2) is 0 Å². The SMILES string of the molecule is C[C@H]1[C@@H]2CCCN2CCN1Cc1c2ccccc2c(Cl)c2ccccc12. The van der Waals surface area contributed by atoms with Gasteiger partial charge in [0, 0.05) is 42.5 Å². The van der Waals surface area contributed by atoms with Crippen LogP contribution in [-0.4, -0.2) is 41.5 Å². The Bertz CT molecular complexity index is 910.